The van der Waals surface area contributed by atoms with Crippen molar-refractivity contribution in [2.24, 2.45) is 0 Å². The summed E-state index contributed by atoms with van der Waals surface area (Å²) < 4.78 is 0. The van der Waals surface area contributed by atoms with Gasteiger partial charge in [-0.15, -0.1) is 11.3 Å². The Morgan fingerprint density at radius 3 is 2.87 bits per heavy atom. The minimum atomic E-state index is 0.695. The highest BCUT2D eigenvalue weighted by Crippen LogP contribution is 2.28. The first-order chi connectivity index (χ1) is 7.20. The number of hydrogen-bond donors (Lipinski definition) is 0. The van der Waals surface area contributed by atoms with Crippen molar-refractivity contribution in [1.29, 1.82) is 0 Å². The van der Waals surface area contributed by atoms with Gasteiger partial charge in [0, 0.05) is 11.2 Å². The van der Waals surface area contributed by atoms with E-state index >= 15 is 0 Å². The Kier molecular flexibility index (Phi) is 2.84. The Labute approximate surface area is 96.5 Å². The number of carbonyl (C=O) groups excluding carboxylic acids is 1. The lowest BCUT2D eigenvalue weighted by molar-refractivity contribution is 0.112. The van der Waals surface area contributed by atoms with Crippen LogP contribution < -0.4 is 0 Å². The SMILES string of the molecule is Cc1cnc(-c2ccc(C=O)s2)cc1Cl. The molecule has 2 rings (SSSR count). The third-order valence-corrected chi connectivity index (χ3v) is 3.47. The van der Waals surface area contributed by atoms with Crippen LogP contribution in [0.4, 0.5) is 0 Å². The Balaban J connectivity index is 2.44. The third kappa shape index (κ3) is 2.08. The second kappa shape index (κ2) is 4.13. The number of aromatic nitrogens is 1. The molecule has 76 valence electrons. The van der Waals surface area contributed by atoms with Gasteiger partial charge in [0.25, 0.3) is 0 Å². The molecule has 0 aromatic carbocycles. The average Bonchev–Trinajstić information content (AvgIpc) is 2.70. The summed E-state index contributed by atoms with van der Waals surface area (Å²) in [5, 5.41) is 0.695. The van der Waals surface area contributed by atoms with Crippen molar-refractivity contribution in [3.63, 3.8) is 0 Å². The van der Waals surface area contributed by atoms with Gasteiger partial charge in [-0.1, -0.05) is 11.6 Å². The van der Waals surface area contributed by atoms with Gasteiger partial charge in [-0.3, -0.25) is 9.78 Å². The molecule has 0 saturated carbocycles. The van der Waals surface area contributed by atoms with Crippen molar-refractivity contribution in [2.45, 2.75) is 6.92 Å². The number of halogens is 1. The number of aryl methyl sites for hydroxylation is 1. The zero-order chi connectivity index (χ0) is 10.8. The lowest BCUT2D eigenvalue weighted by atomic mass is 10.2. The number of pyridine rings is 1. The minimum Gasteiger partial charge on any atom is -0.297 e. The molecule has 0 N–H and O–H groups in total. The fourth-order valence-electron chi connectivity index (χ4n) is 1.19. The van der Waals surface area contributed by atoms with E-state index in [1.165, 1.54) is 11.3 Å². The maximum absolute atomic E-state index is 10.5. The van der Waals surface area contributed by atoms with Gasteiger partial charge in [0.05, 0.1) is 15.4 Å². The number of thiophene rings is 1. The number of carbonyl (C=O) groups is 1. The van der Waals surface area contributed by atoms with Crippen molar-refractivity contribution >= 4 is 29.2 Å². The predicted molar refractivity (Wildman–Crippen MR) is 62.7 cm³/mol. The maximum Gasteiger partial charge on any atom is 0.160 e. The molecule has 2 aromatic rings. The smallest absolute Gasteiger partial charge is 0.160 e. The van der Waals surface area contributed by atoms with Gasteiger partial charge >= 0.3 is 0 Å². The molecule has 0 atom stereocenters. The molecule has 2 heterocycles. The number of nitrogens with zero attached hydrogens (tertiary/aromatic N) is 1. The fraction of sp³-hybridized carbons (Fsp3) is 0.0909. The highest BCUT2D eigenvalue weighted by atomic mass is 35.5. The molecule has 2 aromatic heterocycles. The van der Waals surface area contributed by atoms with Crippen LogP contribution in [0.15, 0.2) is 24.4 Å². The number of aldehydes is 1. The Hall–Kier alpha value is -1.19. The zero-order valence-electron chi connectivity index (χ0n) is 8.03. The second-order valence-electron chi connectivity index (χ2n) is 3.14. The largest absolute Gasteiger partial charge is 0.297 e. The van der Waals surface area contributed by atoms with Gasteiger partial charge in [0.15, 0.2) is 6.29 Å². The van der Waals surface area contributed by atoms with E-state index in [2.05, 4.69) is 4.98 Å². The Morgan fingerprint density at radius 2 is 2.27 bits per heavy atom. The Morgan fingerprint density at radius 1 is 1.47 bits per heavy atom. The second-order valence-corrected chi connectivity index (χ2v) is 4.66. The van der Waals surface area contributed by atoms with Crippen LogP contribution in [-0.4, -0.2) is 11.3 Å². The highest BCUT2D eigenvalue weighted by Gasteiger charge is 2.05. The topological polar surface area (TPSA) is 30.0 Å². The molecule has 0 amide bonds. The first kappa shape index (κ1) is 10.3. The van der Waals surface area contributed by atoms with Crippen LogP contribution in [0.1, 0.15) is 15.2 Å². The standard InChI is InChI=1S/C11H8ClNOS/c1-7-5-13-10(4-9(7)12)11-3-2-8(6-14)15-11/h2-6H,1H3. The summed E-state index contributed by atoms with van der Waals surface area (Å²) in [6, 6.07) is 5.47. The Bertz CT molecular complexity index is 507. The molecule has 15 heavy (non-hydrogen) atoms. The fourth-order valence-corrected chi connectivity index (χ4v) is 2.13. The summed E-state index contributed by atoms with van der Waals surface area (Å²) in [6.45, 7) is 1.91. The van der Waals surface area contributed by atoms with Crippen molar-refractivity contribution < 1.29 is 4.79 Å². The van der Waals surface area contributed by atoms with Crippen molar-refractivity contribution in [3.8, 4) is 10.6 Å². The summed E-state index contributed by atoms with van der Waals surface area (Å²) in [7, 11) is 0. The van der Waals surface area contributed by atoms with Gasteiger partial charge in [-0.05, 0) is 30.7 Å². The summed E-state index contributed by atoms with van der Waals surface area (Å²) >= 11 is 7.41. The van der Waals surface area contributed by atoms with Crippen molar-refractivity contribution in [2.75, 3.05) is 0 Å². The first-order valence-corrected chi connectivity index (χ1v) is 5.57. The van der Waals surface area contributed by atoms with E-state index in [1.54, 1.807) is 12.3 Å². The number of hydrogen-bond acceptors (Lipinski definition) is 3. The van der Waals surface area contributed by atoms with Crippen LogP contribution in [0.3, 0.4) is 0 Å². The molecule has 0 unspecified atom stereocenters. The van der Waals surface area contributed by atoms with Crippen LogP contribution in [0.5, 0.6) is 0 Å². The maximum atomic E-state index is 10.5. The molecule has 0 saturated heterocycles. The molecule has 0 aliphatic carbocycles. The van der Waals surface area contributed by atoms with E-state index in [1.807, 2.05) is 19.1 Å². The molecule has 0 aliphatic heterocycles. The summed E-state index contributed by atoms with van der Waals surface area (Å²) in [5.74, 6) is 0. The highest BCUT2D eigenvalue weighted by molar-refractivity contribution is 7.17. The van der Waals surface area contributed by atoms with E-state index in [4.69, 9.17) is 11.6 Å². The molecular weight excluding hydrogens is 230 g/mol. The zero-order valence-corrected chi connectivity index (χ0v) is 9.60. The van der Waals surface area contributed by atoms with E-state index in [0.717, 1.165) is 22.4 Å². The van der Waals surface area contributed by atoms with E-state index in [9.17, 15) is 4.79 Å². The van der Waals surface area contributed by atoms with E-state index in [0.29, 0.717) is 9.90 Å². The summed E-state index contributed by atoms with van der Waals surface area (Å²) in [4.78, 5) is 16.5. The van der Waals surface area contributed by atoms with Gasteiger partial charge in [-0.2, -0.15) is 0 Å². The molecule has 0 spiro atoms. The summed E-state index contributed by atoms with van der Waals surface area (Å²) in [5.41, 5.74) is 1.76. The van der Waals surface area contributed by atoms with Crippen LogP contribution in [0, 0.1) is 6.92 Å². The van der Waals surface area contributed by atoms with E-state index < -0.39 is 0 Å². The van der Waals surface area contributed by atoms with Crippen molar-refractivity contribution in [1.82, 2.24) is 4.98 Å². The van der Waals surface area contributed by atoms with Crippen LogP contribution in [-0.2, 0) is 0 Å². The molecule has 0 fully saturated rings. The molecular formula is C11H8ClNOS. The molecule has 2 nitrogen and oxygen atoms in total. The quantitative estimate of drug-likeness (QED) is 0.748. The monoisotopic (exact) mass is 237 g/mol. The molecule has 4 heteroatoms. The first-order valence-electron chi connectivity index (χ1n) is 4.38. The third-order valence-electron chi connectivity index (χ3n) is 2.03. The van der Waals surface area contributed by atoms with Gasteiger partial charge in [0.1, 0.15) is 0 Å². The van der Waals surface area contributed by atoms with Gasteiger partial charge < -0.3 is 0 Å². The molecule has 0 radical (unpaired) electrons. The minimum absolute atomic E-state index is 0.695. The van der Waals surface area contributed by atoms with Gasteiger partial charge in [-0.25, -0.2) is 0 Å². The average molecular weight is 238 g/mol. The van der Waals surface area contributed by atoms with Crippen LogP contribution >= 0.6 is 22.9 Å². The molecule has 0 aliphatic rings. The lowest BCUT2D eigenvalue weighted by Crippen LogP contribution is -1.82. The van der Waals surface area contributed by atoms with Crippen LogP contribution in [0.2, 0.25) is 5.02 Å². The number of rotatable bonds is 2. The summed E-state index contributed by atoms with van der Waals surface area (Å²) in [6.07, 6.45) is 2.57. The predicted octanol–water partition coefficient (Wildman–Crippen LogP) is 3.58. The lowest BCUT2D eigenvalue weighted by Gasteiger charge is -1.99. The normalized spacial score (nSPS) is 10.3. The van der Waals surface area contributed by atoms with Crippen molar-refractivity contribution in [3.05, 3.63) is 39.9 Å². The van der Waals surface area contributed by atoms with Crippen LogP contribution in [0.25, 0.3) is 10.6 Å². The van der Waals surface area contributed by atoms with E-state index in [-0.39, 0.29) is 0 Å². The molecule has 0 bridgehead atoms. The van der Waals surface area contributed by atoms with Gasteiger partial charge in [0.2, 0.25) is 0 Å².